The highest BCUT2D eigenvalue weighted by Gasteiger charge is 2.39. The summed E-state index contributed by atoms with van der Waals surface area (Å²) in [4.78, 5) is 14.8. The van der Waals surface area contributed by atoms with Crippen LogP contribution in [0.4, 0.5) is 0 Å². The van der Waals surface area contributed by atoms with Crippen LogP contribution in [-0.4, -0.2) is 51.0 Å². The Morgan fingerprint density at radius 1 is 1.38 bits per heavy atom. The molecule has 0 radical (unpaired) electrons. The molecule has 2 aliphatic heterocycles. The zero-order chi connectivity index (χ0) is 14.8. The largest absolute Gasteiger partial charge is 0.330 e. The van der Waals surface area contributed by atoms with Crippen molar-refractivity contribution >= 4 is 5.91 Å². The normalized spacial score (nSPS) is 25.4. The van der Waals surface area contributed by atoms with Crippen molar-refractivity contribution in [3.8, 4) is 0 Å². The molecule has 0 spiro atoms. The van der Waals surface area contributed by atoms with E-state index in [0.717, 1.165) is 45.3 Å². The number of rotatable bonds is 4. The highest BCUT2D eigenvalue weighted by Crippen LogP contribution is 2.29. The standard InChI is InChI=1S/C15H25N5O/c1-11(2)6-8-19-10-14(17-18-19)15(21)20-12-3-4-13(20)9-16-7-5-12/h10-13,16H,3-9H2,1-2H3. The molecule has 0 aliphatic carbocycles. The van der Waals surface area contributed by atoms with Crippen LogP contribution >= 0.6 is 0 Å². The zero-order valence-electron chi connectivity index (χ0n) is 13.0. The highest BCUT2D eigenvalue weighted by molar-refractivity contribution is 5.92. The SMILES string of the molecule is CC(C)CCn1cc(C(=O)N2C3CCNCC2CC3)nn1. The quantitative estimate of drug-likeness (QED) is 0.908. The van der Waals surface area contributed by atoms with Crippen molar-refractivity contribution in [2.24, 2.45) is 5.92 Å². The Labute approximate surface area is 125 Å². The van der Waals surface area contributed by atoms with Gasteiger partial charge in [0.2, 0.25) is 0 Å². The van der Waals surface area contributed by atoms with Gasteiger partial charge in [-0.05, 0) is 38.1 Å². The molecule has 2 fully saturated rings. The molecule has 1 amide bonds. The summed E-state index contributed by atoms with van der Waals surface area (Å²) in [6, 6.07) is 0.698. The van der Waals surface area contributed by atoms with Crippen LogP contribution in [0.2, 0.25) is 0 Å². The van der Waals surface area contributed by atoms with Crippen molar-refractivity contribution in [2.75, 3.05) is 13.1 Å². The number of amides is 1. The lowest BCUT2D eigenvalue weighted by atomic mass is 10.1. The van der Waals surface area contributed by atoms with E-state index in [2.05, 4.69) is 34.4 Å². The molecule has 0 saturated carbocycles. The lowest BCUT2D eigenvalue weighted by Gasteiger charge is -2.26. The fraction of sp³-hybridized carbons (Fsp3) is 0.800. The fourth-order valence-electron chi connectivity index (χ4n) is 3.34. The smallest absolute Gasteiger partial charge is 0.276 e. The summed E-state index contributed by atoms with van der Waals surface area (Å²) in [6.07, 6.45) is 6.13. The first-order valence-electron chi connectivity index (χ1n) is 8.08. The van der Waals surface area contributed by atoms with E-state index in [1.165, 1.54) is 0 Å². The molecular formula is C15H25N5O. The van der Waals surface area contributed by atoms with E-state index in [4.69, 9.17) is 0 Å². The van der Waals surface area contributed by atoms with Crippen molar-refractivity contribution in [3.05, 3.63) is 11.9 Å². The van der Waals surface area contributed by atoms with Crippen LogP contribution in [0.5, 0.6) is 0 Å². The molecule has 2 unspecified atom stereocenters. The molecule has 2 saturated heterocycles. The Bertz CT molecular complexity index is 484. The summed E-state index contributed by atoms with van der Waals surface area (Å²) in [6.45, 7) is 7.11. The maximum Gasteiger partial charge on any atom is 0.276 e. The number of nitrogens with one attached hydrogen (secondary N) is 1. The van der Waals surface area contributed by atoms with Gasteiger partial charge in [0.05, 0.1) is 6.20 Å². The molecule has 6 heteroatoms. The van der Waals surface area contributed by atoms with Gasteiger partial charge in [-0.3, -0.25) is 9.48 Å². The first-order chi connectivity index (χ1) is 10.1. The number of hydrogen-bond acceptors (Lipinski definition) is 4. The predicted octanol–water partition coefficient (Wildman–Crippen LogP) is 1.29. The topological polar surface area (TPSA) is 63.1 Å². The number of carbonyl (C=O) groups is 1. The van der Waals surface area contributed by atoms with E-state index in [1.807, 2.05) is 6.20 Å². The van der Waals surface area contributed by atoms with Crippen molar-refractivity contribution in [2.45, 2.75) is 58.2 Å². The van der Waals surface area contributed by atoms with Crippen LogP contribution in [0.25, 0.3) is 0 Å². The molecule has 116 valence electrons. The summed E-state index contributed by atoms with van der Waals surface area (Å²) < 4.78 is 1.80. The predicted molar refractivity (Wildman–Crippen MR) is 79.9 cm³/mol. The molecule has 3 heterocycles. The molecule has 3 rings (SSSR count). The maximum absolute atomic E-state index is 12.7. The van der Waals surface area contributed by atoms with Crippen LogP contribution in [0.3, 0.4) is 0 Å². The first-order valence-corrected chi connectivity index (χ1v) is 8.08. The Morgan fingerprint density at radius 3 is 3.00 bits per heavy atom. The summed E-state index contributed by atoms with van der Waals surface area (Å²) in [7, 11) is 0. The van der Waals surface area contributed by atoms with Gasteiger partial charge < -0.3 is 10.2 Å². The minimum atomic E-state index is 0.0574. The van der Waals surface area contributed by atoms with E-state index < -0.39 is 0 Å². The molecule has 1 aromatic rings. The molecular weight excluding hydrogens is 266 g/mol. The van der Waals surface area contributed by atoms with Gasteiger partial charge in [0.15, 0.2) is 5.69 Å². The van der Waals surface area contributed by atoms with Gasteiger partial charge in [0.1, 0.15) is 0 Å². The maximum atomic E-state index is 12.7. The van der Waals surface area contributed by atoms with Crippen molar-refractivity contribution in [3.63, 3.8) is 0 Å². The Hall–Kier alpha value is -1.43. The number of fused-ring (bicyclic) bond motifs is 2. The Kier molecular flexibility index (Phi) is 4.24. The van der Waals surface area contributed by atoms with Crippen molar-refractivity contribution in [1.29, 1.82) is 0 Å². The van der Waals surface area contributed by atoms with Crippen LogP contribution in [0.1, 0.15) is 50.0 Å². The summed E-state index contributed by atoms with van der Waals surface area (Å²) in [5.41, 5.74) is 0.498. The van der Waals surface area contributed by atoms with E-state index in [0.29, 0.717) is 23.7 Å². The van der Waals surface area contributed by atoms with E-state index in [9.17, 15) is 4.79 Å². The van der Waals surface area contributed by atoms with Crippen molar-refractivity contribution < 1.29 is 4.79 Å². The Morgan fingerprint density at radius 2 is 2.19 bits per heavy atom. The summed E-state index contributed by atoms with van der Waals surface area (Å²) >= 11 is 0. The molecule has 2 atom stereocenters. The van der Waals surface area contributed by atoms with E-state index in [1.54, 1.807) is 4.68 Å². The molecule has 6 nitrogen and oxygen atoms in total. The minimum Gasteiger partial charge on any atom is -0.330 e. The third-order valence-corrected chi connectivity index (χ3v) is 4.58. The van der Waals surface area contributed by atoms with E-state index in [-0.39, 0.29) is 5.91 Å². The van der Waals surface area contributed by atoms with E-state index >= 15 is 0 Å². The van der Waals surface area contributed by atoms with Gasteiger partial charge in [-0.25, -0.2) is 0 Å². The van der Waals surface area contributed by atoms with Crippen LogP contribution in [-0.2, 0) is 6.54 Å². The van der Waals surface area contributed by atoms with Crippen LogP contribution < -0.4 is 5.32 Å². The second-order valence-electron chi connectivity index (χ2n) is 6.64. The molecule has 1 aromatic heterocycles. The second kappa shape index (κ2) is 6.13. The van der Waals surface area contributed by atoms with Gasteiger partial charge in [-0.15, -0.1) is 5.10 Å². The number of aryl methyl sites for hydroxylation is 1. The Balaban J connectivity index is 1.70. The minimum absolute atomic E-state index is 0.0574. The van der Waals surface area contributed by atoms with Gasteiger partial charge >= 0.3 is 0 Å². The molecule has 2 aliphatic rings. The van der Waals surface area contributed by atoms with Gasteiger partial charge in [0, 0.05) is 25.2 Å². The van der Waals surface area contributed by atoms with Crippen LogP contribution in [0, 0.1) is 5.92 Å². The average molecular weight is 291 g/mol. The number of nitrogens with zero attached hydrogens (tertiary/aromatic N) is 4. The van der Waals surface area contributed by atoms with Crippen LogP contribution in [0.15, 0.2) is 6.20 Å². The highest BCUT2D eigenvalue weighted by atomic mass is 16.2. The fourth-order valence-corrected chi connectivity index (χ4v) is 3.34. The van der Waals surface area contributed by atoms with Gasteiger partial charge in [-0.2, -0.15) is 0 Å². The average Bonchev–Trinajstić information content (AvgIpc) is 2.99. The molecule has 21 heavy (non-hydrogen) atoms. The monoisotopic (exact) mass is 291 g/mol. The van der Waals surface area contributed by atoms with Gasteiger partial charge in [0.25, 0.3) is 5.91 Å². The molecule has 0 aromatic carbocycles. The first kappa shape index (κ1) is 14.5. The number of hydrogen-bond donors (Lipinski definition) is 1. The number of aromatic nitrogens is 3. The third kappa shape index (κ3) is 3.10. The van der Waals surface area contributed by atoms with Gasteiger partial charge in [-0.1, -0.05) is 19.1 Å². The second-order valence-corrected chi connectivity index (χ2v) is 6.64. The lowest BCUT2D eigenvalue weighted by molar-refractivity contribution is 0.0674. The third-order valence-electron chi connectivity index (χ3n) is 4.58. The molecule has 2 bridgehead atoms. The summed E-state index contributed by atoms with van der Waals surface area (Å²) in [5, 5.41) is 11.6. The lowest BCUT2D eigenvalue weighted by Crippen LogP contribution is -2.42. The van der Waals surface area contributed by atoms with Crippen molar-refractivity contribution in [1.82, 2.24) is 25.2 Å². The number of carbonyl (C=O) groups excluding carboxylic acids is 1. The summed E-state index contributed by atoms with van der Waals surface area (Å²) in [5.74, 6) is 0.683. The molecule has 1 N–H and O–H groups in total. The zero-order valence-corrected chi connectivity index (χ0v) is 13.0.